The molecule has 0 unspecified atom stereocenters. The largest absolute Gasteiger partial charge is 0.493 e. The lowest BCUT2D eigenvalue weighted by molar-refractivity contribution is 0.0904. The van der Waals surface area contributed by atoms with Gasteiger partial charge in [0.2, 0.25) is 0 Å². The number of ether oxygens (including phenoxy) is 2. The molecule has 5 nitrogen and oxygen atoms in total. The summed E-state index contributed by atoms with van der Waals surface area (Å²) in [5.41, 5.74) is 3.85. The second kappa shape index (κ2) is 6.34. The van der Waals surface area contributed by atoms with Gasteiger partial charge in [-0.2, -0.15) is 5.10 Å². The Morgan fingerprint density at radius 2 is 2.30 bits per heavy atom. The third-order valence-electron chi connectivity index (χ3n) is 4.76. The predicted molar refractivity (Wildman–Crippen MR) is 87.4 cm³/mol. The van der Waals surface area contributed by atoms with Gasteiger partial charge in [-0.3, -0.25) is 4.68 Å². The van der Waals surface area contributed by atoms with E-state index in [2.05, 4.69) is 34.8 Å². The molecule has 122 valence electrons. The zero-order chi connectivity index (χ0) is 15.6. The van der Waals surface area contributed by atoms with E-state index in [9.17, 15) is 0 Å². The summed E-state index contributed by atoms with van der Waals surface area (Å²) in [5.74, 6) is 1.56. The number of aryl methyl sites for hydroxylation is 1. The van der Waals surface area contributed by atoms with Gasteiger partial charge in [-0.1, -0.05) is 12.1 Å². The molecule has 2 aromatic rings. The summed E-state index contributed by atoms with van der Waals surface area (Å²) in [4.78, 5) is 0. The third kappa shape index (κ3) is 3.12. The molecule has 0 amide bonds. The van der Waals surface area contributed by atoms with Crippen LogP contribution in [0.4, 0.5) is 0 Å². The molecule has 2 aliphatic rings. The van der Waals surface area contributed by atoms with Crippen LogP contribution in [0.3, 0.4) is 0 Å². The lowest BCUT2D eigenvalue weighted by Crippen LogP contribution is -2.24. The third-order valence-corrected chi connectivity index (χ3v) is 4.76. The minimum atomic E-state index is 0.171. The number of fused-ring (bicyclic) bond motifs is 1. The van der Waals surface area contributed by atoms with Crippen LogP contribution in [-0.4, -0.2) is 29.5 Å². The number of nitrogens with zero attached hydrogens (tertiary/aromatic N) is 2. The van der Waals surface area contributed by atoms with Gasteiger partial charge in [-0.05, 0) is 23.6 Å². The van der Waals surface area contributed by atoms with Crippen LogP contribution in [0.2, 0.25) is 0 Å². The minimum Gasteiger partial charge on any atom is -0.493 e. The molecular weight excluding hydrogens is 290 g/mol. The minimum absolute atomic E-state index is 0.171. The zero-order valence-electron chi connectivity index (χ0n) is 13.5. The summed E-state index contributed by atoms with van der Waals surface area (Å²) < 4.78 is 13.3. The van der Waals surface area contributed by atoms with Crippen molar-refractivity contribution in [1.82, 2.24) is 15.1 Å². The van der Waals surface area contributed by atoms with Crippen molar-refractivity contribution in [2.24, 2.45) is 13.0 Å². The normalized spacial score (nSPS) is 23.0. The molecule has 1 saturated heterocycles. The number of aromatic nitrogens is 2. The van der Waals surface area contributed by atoms with Crippen molar-refractivity contribution in [2.75, 3.05) is 19.8 Å². The van der Waals surface area contributed by atoms with Crippen molar-refractivity contribution < 1.29 is 9.47 Å². The summed E-state index contributed by atoms with van der Waals surface area (Å²) in [6.07, 6.45) is 6.28. The second-order valence-electron chi connectivity index (χ2n) is 6.46. The fourth-order valence-electron chi connectivity index (χ4n) is 3.55. The Bertz CT molecular complexity index is 683. The average Bonchev–Trinajstić information content (AvgIpc) is 3.26. The lowest BCUT2D eigenvalue weighted by Gasteiger charge is -2.18. The van der Waals surface area contributed by atoms with Crippen molar-refractivity contribution in [3.63, 3.8) is 0 Å². The average molecular weight is 313 g/mol. The van der Waals surface area contributed by atoms with Gasteiger partial charge in [-0.25, -0.2) is 0 Å². The Morgan fingerprint density at radius 1 is 1.35 bits per heavy atom. The number of rotatable bonds is 5. The van der Waals surface area contributed by atoms with E-state index in [1.807, 2.05) is 17.9 Å². The molecule has 3 heterocycles. The van der Waals surface area contributed by atoms with Crippen molar-refractivity contribution in [3.05, 3.63) is 47.3 Å². The first-order valence-electron chi connectivity index (χ1n) is 8.35. The molecule has 4 rings (SSSR count). The Labute approximate surface area is 136 Å². The van der Waals surface area contributed by atoms with Crippen molar-refractivity contribution >= 4 is 0 Å². The first-order valence-corrected chi connectivity index (χ1v) is 8.35. The number of nitrogens with one attached hydrogen (secondary N) is 1. The highest BCUT2D eigenvalue weighted by Crippen LogP contribution is 2.33. The van der Waals surface area contributed by atoms with Crippen LogP contribution < -0.4 is 10.1 Å². The maximum absolute atomic E-state index is 5.92. The molecule has 23 heavy (non-hydrogen) atoms. The van der Waals surface area contributed by atoms with E-state index in [1.165, 1.54) is 16.7 Å². The molecule has 1 fully saturated rings. The van der Waals surface area contributed by atoms with E-state index in [0.717, 1.165) is 44.9 Å². The Balaban J connectivity index is 1.33. The molecular formula is C18H23N3O2. The summed E-state index contributed by atoms with van der Waals surface area (Å²) in [5, 5.41) is 7.85. The van der Waals surface area contributed by atoms with Crippen LogP contribution >= 0.6 is 0 Å². The van der Waals surface area contributed by atoms with E-state index < -0.39 is 0 Å². The van der Waals surface area contributed by atoms with Gasteiger partial charge in [0.1, 0.15) is 5.75 Å². The van der Waals surface area contributed by atoms with Gasteiger partial charge >= 0.3 is 0 Å². The van der Waals surface area contributed by atoms with E-state index >= 15 is 0 Å². The van der Waals surface area contributed by atoms with Crippen LogP contribution in [0.5, 0.6) is 5.75 Å². The van der Waals surface area contributed by atoms with Gasteiger partial charge in [0.15, 0.2) is 0 Å². The highest BCUT2D eigenvalue weighted by molar-refractivity contribution is 5.39. The molecule has 0 spiro atoms. The summed E-state index contributed by atoms with van der Waals surface area (Å²) in [7, 11) is 1.95. The summed E-state index contributed by atoms with van der Waals surface area (Å²) in [6, 6.07) is 6.51. The molecule has 0 radical (unpaired) electrons. The van der Waals surface area contributed by atoms with Crippen molar-refractivity contribution in [2.45, 2.75) is 25.5 Å². The highest BCUT2D eigenvalue weighted by Gasteiger charge is 2.30. The summed E-state index contributed by atoms with van der Waals surface area (Å²) in [6.45, 7) is 3.51. The highest BCUT2D eigenvalue weighted by atomic mass is 16.5. The standard InChI is InChI=1S/C18H23N3O2/c1-21-12-16(11-20-21)18-15(5-7-23-18)10-19-9-13-2-3-17-14(8-13)4-6-22-17/h2-3,8,11-12,15,18-19H,4-7,9-10H2,1H3/t15-,18-/m0/s1. The van der Waals surface area contributed by atoms with Crippen LogP contribution in [0.25, 0.3) is 0 Å². The van der Waals surface area contributed by atoms with Crippen molar-refractivity contribution in [1.29, 1.82) is 0 Å². The molecule has 2 aliphatic heterocycles. The maximum atomic E-state index is 5.92. The van der Waals surface area contributed by atoms with E-state index in [4.69, 9.17) is 9.47 Å². The molecule has 1 aromatic carbocycles. The number of hydrogen-bond acceptors (Lipinski definition) is 4. The molecule has 0 aliphatic carbocycles. The quantitative estimate of drug-likeness (QED) is 0.919. The molecule has 2 atom stereocenters. The molecule has 1 N–H and O–H groups in total. The molecule has 5 heteroatoms. The summed E-state index contributed by atoms with van der Waals surface area (Å²) >= 11 is 0. The number of hydrogen-bond donors (Lipinski definition) is 1. The van der Waals surface area contributed by atoms with Gasteiger partial charge in [0.05, 0.1) is 18.9 Å². The SMILES string of the molecule is Cn1cc([C@H]2OCC[C@H]2CNCc2ccc3c(c2)CCO3)cn1. The van der Waals surface area contributed by atoms with Crippen molar-refractivity contribution in [3.8, 4) is 5.75 Å². The van der Waals surface area contributed by atoms with Gasteiger partial charge in [-0.15, -0.1) is 0 Å². The van der Waals surface area contributed by atoms with Gasteiger partial charge in [0.25, 0.3) is 0 Å². The molecule has 0 saturated carbocycles. The monoisotopic (exact) mass is 313 g/mol. The zero-order valence-corrected chi connectivity index (χ0v) is 13.5. The Kier molecular flexibility index (Phi) is 4.06. The Morgan fingerprint density at radius 3 is 3.17 bits per heavy atom. The van der Waals surface area contributed by atoms with Crippen LogP contribution in [0, 0.1) is 5.92 Å². The first kappa shape index (κ1) is 14.7. The fourth-order valence-corrected chi connectivity index (χ4v) is 3.55. The van der Waals surface area contributed by atoms with E-state index in [-0.39, 0.29) is 6.10 Å². The van der Waals surface area contributed by atoms with E-state index in [1.54, 1.807) is 0 Å². The Hall–Kier alpha value is -1.85. The van der Waals surface area contributed by atoms with Gasteiger partial charge in [0, 0.05) is 50.8 Å². The topological polar surface area (TPSA) is 48.3 Å². The van der Waals surface area contributed by atoms with Gasteiger partial charge < -0.3 is 14.8 Å². The van der Waals surface area contributed by atoms with Crippen LogP contribution in [0.15, 0.2) is 30.6 Å². The van der Waals surface area contributed by atoms with Crippen LogP contribution in [0.1, 0.15) is 29.2 Å². The van der Waals surface area contributed by atoms with Crippen LogP contribution in [-0.2, 0) is 24.8 Å². The maximum Gasteiger partial charge on any atom is 0.122 e. The lowest BCUT2D eigenvalue weighted by atomic mass is 9.97. The second-order valence-corrected chi connectivity index (χ2v) is 6.46. The van der Waals surface area contributed by atoms with E-state index in [0.29, 0.717) is 5.92 Å². The first-order chi connectivity index (χ1) is 11.3. The number of benzene rings is 1. The molecule has 1 aromatic heterocycles. The predicted octanol–water partition coefficient (Wildman–Crippen LogP) is 2.22. The smallest absolute Gasteiger partial charge is 0.122 e. The fraction of sp³-hybridized carbons (Fsp3) is 0.500. The molecule has 0 bridgehead atoms.